The van der Waals surface area contributed by atoms with Gasteiger partial charge < -0.3 is 10.1 Å². The standard InChI is InChI=1S/C12H15ClFNO2/c1-9-6-10(8-11(14)7-9)12(16)15-3-5-17-4-2-13/h6-8H,2-5H2,1H3,(H,15,16). The normalized spacial score (nSPS) is 10.3. The summed E-state index contributed by atoms with van der Waals surface area (Å²) in [5.41, 5.74) is 1.04. The molecule has 0 aliphatic rings. The van der Waals surface area contributed by atoms with Crippen LogP contribution in [0.25, 0.3) is 0 Å². The highest BCUT2D eigenvalue weighted by Crippen LogP contribution is 2.07. The molecule has 0 heterocycles. The van der Waals surface area contributed by atoms with Crippen molar-refractivity contribution in [3.05, 3.63) is 35.1 Å². The Morgan fingerprint density at radius 1 is 1.41 bits per heavy atom. The van der Waals surface area contributed by atoms with Crippen LogP contribution in [0, 0.1) is 12.7 Å². The van der Waals surface area contributed by atoms with Gasteiger partial charge in [-0.3, -0.25) is 4.79 Å². The number of ether oxygens (including phenoxy) is 1. The van der Waals surface area contributed by atoms with Gasteiger partial charge in [0, 0.05) is 18.0 Å². The highest BCUT2D eigenvalue weighted by atomic mass is 35.5. The molecule has 0 aromatic heterocycles. The Balaban J connectivity index is 2.41. The van der Waals surface area contributed by atoms with Gasteiger partial charge in [-0.25, -0.2) is 4.39 Å². The number of aryl methyl sites for hydroxylation is 1. The van der Waals surface area contributed by atoms with E-state index in [1.807, 2.05) is 0 Å². The van der Waals surface area contributed by atoms with Crippen molar-refractivity contribution in [2.45, 2.75) is 6.92 Å². The van der Waals surface area contributed by atoms with Crippen LogP contribution in [0.4, 0.5) is 4.39 Å². The third-order valence-electron chi connectivity index (χ3n) is 2.06. The second kappa shape index (κ2) is 7.25. The molecule has 0 atom stereocenters. The molecule has 0 spiro atoms. The maximum absolute atomic E-state index is 13.1. The molecule has 1 aromatic carbocycles. The summed E-state index contributed by atoms with van der Waals surface area (Å²) >= 11 is 5.42. The van der Waals surface area contributed by atoms with Crippen LogP contribution in [0.15, 0.2) is 18.2 Å². The van der Waals surface area contributed by atoms with Crippen LogP contribution in [-0.4, -0.2) is 31.5 Å². The average Bonchev–Trinajstić information content (AvgIpc) is 2.27. The van der Waals surface area contributed by atoms with Crippen molar-refractivity contribution in [2.24, 2.45) is 0 Å². The van der Waals surface area contributed by atoms with Crippen LogP contribution >= 0.6 is 11.6 Å². The molecule has 1 rings (SSSR count). The lowest BCUT2D eigenvalue weighted by atomic mass is 10.1. The number of halogens is 2. The van der Waals surface area contributed by atoms with E-state index < -0.39 is 5.82 Å². The zero-order chi connectivity index (χ0) is 12.7. The molecule has 0 fully saturated rings. The number of rotatable bonds is 6. The Morgan fingerprint density at radius 2 is 2.18 bits per heavy atom. The summed E-state index contributed by atoms with van der Waals surface area (Å²) in [5.74, 6) is -0.285. The van der Waals surface area contributed by atoms with E-state index in [1.165, 1.54) is 12.1 Å². The second-order valence-electron chi connectivity index (χ2n) is 3.57. The Morgan fingerprint density at radius 3 is 2.82 bits per heavy atom. The summed E-state index contributed by atoms with van der Waals surface area (Å²) in [6.07, 6.45) is 0. The lowest BCUT2D eigenvalue weighted by Crippen LogP contribution is -2.27. The van der Waals surface area contributed by atoms with Crippen molar-refractivity contribution in [1.82, 2.24) is 5.32 Å². The molecule has 0 saturated heterocycles. The molecule has 1 aromatic rings. The van der Waals surface area contributed by atoms with E-state index in [4.69, 9.17) is 16.3 Å². The first kappa shape index (κ1) is 13.9. The minimum absolute atomic E-state index is 0.304. The predicted molar refractivity (Wildman–Crippen MR) is 65.0 cm³/mol. The van der Waals surface area contributed by atoms with Gasteiger partial charge in [-0.2, -0.15) is 0 Å². The first-order valence-electron chi connectivity index (χ1n) is 5.32. The third-order valence-corrected chi connectivity index (χ3v) is 2.21. The molecule has 17 heavy (non-hydrogen) atoms. The fourth-order valence-corrected chi connectivity index (χ4v) is 1.47. The largest absolute Gasteiger partial charge is 0.378 e. The Hall–Kier alpha value is -1.13. The van der Waals surface area contributed by atoms with Gasteiger partial charge in [0.2, 0.25) is 0 Å². The average molecular weight is 260 g/mol. The summed E-state index contributed by atoms with van der Waals surface area (Å²) in [4.78, 5) is 11.6. The van der Waals surface area contributed by atoms with Crippen molar-refractivity contribution in [3.63, 3.8) is 0 Å². The van der Waals surface area contributed by atoms with E-state index in [-0.39, 0.29) is 5.91 Å². The van der Waals surface area contributed by atoms with Gasteiger partial charge >= 0.3 is 0 Å². The number of carbonyl (C=O) groups excluding carboxylic acids is 1. The van der Waals surface area contributed by atoms with Gasteiger partial charge in [-0.1, -0.05) is 0 Å². The number of nitrogens with one attached hydrogen (secondary N) is 1. The minimum Gasteiger partial charge on any atom is -0.378 e. The molecular weight excluding hydrogens is 245 g/mol. The monoisotopic (exact) mass is 259 g/mol. The van der Waals surface area contributed by atoms with E-state index in [0.29, 0.717) is 36.8 Å². The third kappa shape index (κ3) is 5.15. The molecular formula is C12H15ClFNO2. The first-order valence-corrected chi connectivity index (χ1v) is 5.86. The van der Waals surface area contributed by atoms with Gasteiger partial charge in [-0.15, -0.1) is 11.6 Å². The number of alkyl halides is 1. The van der Waals surface area contributed by atoms with E-state index in [1.54, 1.807) is 13.0 Å². The number of hydrogen-bond acceptors (Lipinski definition) is 2. The summed E-state index contributed by atoms with van der Waals surface area (Å²) < 4.78 is 18.2. The fourth-order valence-electron chi connectivity index (χ4n) is 1.36. The van der Waals surface area contributed by atoms with Gasteiger partial charge in [0.05, 0.1) is 13.2 Å². The first-order chi connectivity index (χ1) is 8.13. The fraction of sp³-hybridized carbons (Fsp3) is 0.417. The Bertz CT molecular complexity index is 365. The van der Waals surface area contributed by atoms with Gasteiger partial charge in [0.15, 0.2) is 0 Å². The molecule has 0 aliphatic heterocycles. The predicted octanol–water partition coefficient (Wildman–Crippen LogP) is 2.12. The molecule has 94 valence electrons. The van der Waals surface area contributed by atoms with Crippen LogP contribution in [0.5, 0.6) is 0 Å². The van der Waals surface area contributed by atoms with Gasteiger partial charge in [0.25, 0.3) is 5.91 Å². The van der Waals surface area contributed by atoms with Crippen LogP contribution in [0.1, 0.15) is 15.9 Å². The molecule has 5 heteroatoms. The van der Waals surface area contributed by atoms with Gasteiger partial charge in [0.1, 0.15) is 5.82 Å². The SMILES string of the molecule is Cc1cc(F)cc(C(=O)NCCOCCCl)c1. The Labute approximate surface area is 105 Å². The summed E-state index contributed by atoms with van der Waals surface area (Å²) in [5, 5.41) is 2.64. The second-order valence-corrected chi connectivity index (χ2v) is 3.95. The van der Waals surface area contributed by atoms with Crippen molar-refractivity contribution < 1.29 is 13.9 Å². The Kier molecular flexibility index (Phi) is 5.94. The molecule has 0 radical (unpaired) electrons. The van der Waals surface area contributed by atoms with Crippen LogP contribution in [0.2, 0.25) is 0 Å². The zero-order valence-electron chi connectivity index (χ0n) is 9.63. The van der Waals surface area contributed by atoms with E-state index in [2.05, 4.69) is 5.32 Å². The summed E-state index contributed by atoms with van der Waals surface area (Å²) in [6, 6.07) is 4.22. The van der Waals surface area contributed by atoms with Crippen LogP contribution in [0.3, 0.4) is 0 Å². The maximum Gasteiger partial charge on any atom is 0.251 e. The molecule has 0 bridgehead atoms. The van der Waals surface area contributed by atoms with E-state index >= 15 is 0 Å². The van der Waals surface area contributed by atoms with Crippen LogP contribution in [-0.2, 0) is 4.74 Å². The number of hydrogen-bond donors (Lipinski definition) is 1. The molecule has 0 unspecified atom stereocenters. The molecule has 0 saturated carbocycles. The summed E-state index contributed by atoms with van der Waals surface area (Å²) in [7, 11) is 0. The van der Waals surface area contributed by atoms with Gasteiger partial charge in [-0.05, 0) is 30.7 Å². The lowest BCUT2D eigenvalue weighted by molar-refractivity contribution is 0.0923. The zero-order valence-corrected chi connectivity index (χ0v) is 10.4. The minimum atomic E-state index is -0.409. The van der Waals surface area contributed by atoms with Crippen LogP contribution < -0.4 is 5.32 Å². The smallest absolute Gasteiger partial charge is 0.251 e. The number of benzene rings is 1. The van der Waals surface area contributed by atoms with E-state index in [0.717, 1.165) is 0 Å². The van der Waals surface area contributed by atoms with Crippen molar-refractivity contribution >= 4 is 17.5 Å². The maximum atomic E-state index is 13.1. The molecule has 1 N–H and O–H groups in total. The highest BCUT2D eigenvalue weighted by molar-refractivity contribution is 6.17. The highest BCUT2D eigenvalue weighted by Gasteiger charge is 2.06. The quantitative estimate of drug-likeness (QED) is 0.628. The topological polar surface area (TPSA) is 38.3 Å². The number of amides is 1. The molecule has 3 nitrogen and oxygen atoms in total. The molecule has 0 aliphatic carbocycles. The number of carbonyl (C=O) groups is 1. The summed E-state index contributed by atoms with van der Waals surface area (Å²) in [6.45, 7) is 2.97. The van der Waals surface area contributed by atoms with Crippen molar-refractivity contribution in [2.75, 3.05) is 25.6 Å². The molecule has 1 amide bonds. The van der Waals surface area contributed by atoms with E-state index in [9.17, 15) is 9.18 Å². The van der Waals surface area contributed by atoms with Crippen molar-refractivity contribution in [1.29, 1.82) is 0 Å². The lowest BCUT2D eigenvalue weighted by Gasteiger charge is -2.06. The van der Waals surface area contributed by atoms with Crippen molar-refractivity contribution in [3.8, 4) is 0 Å².